The molecule has 5 rings (SSSR count). The van der Waals surface area contributed by atoms with Crippen molar-refractivity contribution in [3.8, 4) is 0 Å². The molecule has 0 saturated heterocycles. The van der Waals surface area contributed by atoms with Crippen molar-refractivity contribution in [1.82, 2.24) is 8.87 Å². The molecule has 8 nitrogen and oxygen atoms in total. The van der Waals surface area contributed by atoms with Crippen LogP contribution in [0.4, 0.5) is 0 Å². The molecule has 2 aromatic carbocycles. The van der Waals surface area contributed by atoms with Crippen LogP contribution in [0.15, 0.2) is 47.1 Å². The smallest absolute Gasteiger partial charge is 0.528 e. The average molecular weight is 661 g/mol. The van der Waals surface area contributed by atoms with E-state index < -0.39 is 16.1 Å². The van der Waals surface area contributed by atoms with Crippen molar-refractivity contribution in [3.05, 3.63) is 80.0 Å². The maximum Gasteiger partial charge on any atom is 1.00 e. The molecule has 1 amide bonds. The Hall–Kier alpha value is -0.780. The molecule has 0 N–H and O–H groups in total. The normalized spacial score (nSPS) is 17.0. The number of hydrogen-bond acceptors (Lipinski definition) is 5. The monoisotopic (exact) mass is 659 g/mol. The first-order valence-electron chi connectivity index (χ1n) is 13.0. The number of halogens is 1. The minimum absolute atomic E-state index is 0. The Morgan fingerprint density at radius 2 is 1.73 bits per heavy atom. The van der Waals surface area contributed by atoms with Gasteiger partial charge < -0.3 is 14.1 Å². The maximum absolute atomic E-state index is 12.8. The fourth-order valence-corrected chi connectivity index (χ4v) is 6.42. The second-order valence-corrected chi connectivity index (χ2v) is 13.1. The summed E-state index contributed by atoms with van der Waals surface area (Å²) in [6, 6.07) is 12.0. The number of nitrogens with zero attached hydrogens (tertiary/aromatic N) is 3. The molecule has 0 radical (unpaired) electrons. The Labute approximate surface area is 294 Å². The third kappa shape index (κ3) is 8.88. The fraction of sp³-hybridized carbons (Fsp3) is 0.414. The van der Waals surface area contributed by atoms with Crippen LogP contribution in [0.1, 0.15) is 77.4 Å². The molecule has 0 unspecified atom stereocenters. The zero-order chi connectivity index (χ0) is 28.3. The van der Waals surface area contributed by atoms with Gasteiger partial charge in [-0.3, -0.25) is 5.92 Å². The van der Waals surface area contributed by atoms with Crippen molar-refractivity contribution in [1.29, 1.82) is 0 Å². The molecule has 12 heteroatoms. The molecule has 1 atom stereocenters. The number of fused-ring (bicyclic) bond motifs is 1. The van der Waals surface area contributed by atoms with Gasteiger partial charge in [-0.2, -0.15) is 21.9 Å². The number of benzene rings is 2. The van der Waals surface area contributed by atoms with Gasteiger partial charge in [-0.1, -0.05) is 77.1 Å². The van der Waals surface area contributed by atoms with E-state index >= 15 is 0 Å². The van der Waals surface area contributed by atoms with Gasteiger partial charge in [0.1, 0.15) is 0 Å². The van der Waals surface area contributed by atoms with Crippen LogP contribution < -0.4 is 59.1 Å². The molecule has 0 spiro atoms. The topological polar surface area (TPSA) is 108 Å². The first-order valence-corrected chi connectivity index (χ1v) is 15.2. The van der Waals surface area contributed by atoms with E-state index in [1.165, 1.54) is 68.8 Å². The number of amides is 1. The number of aromatic nitrogens is 1. The molecular weight excluding hydrogens is 628 g/mol. The van der Waals surface area contributed by atoms with E-state index in [4.69, 9.17) is 9.59 Å². The summed E-state index contributed by atoms with van der Waals surface area (Å²) >= 11 is 3.72. The van der Waals surface area contributed by atoms with Crippen LogP contribution in [-0.4, -0.2) is 43.4 Å². The van der Waals surface area contributed by atoms with Gasteiger partial charge in [0.05, 0.1) is 5.91 Å². The van der Waals surface area contributed by atoms with Crippen LogP contribution in [0.25, 0.3) is 15.6 Å². The number of rotatable bonds is 7. The predicted octanol–water partition coefficient (Wildman–Crippen LogP) is 0.267. The molecule has 2 aliphatic rings. The summed E-state index contributed by atoms with van der Waals surface area (Å²) in [4.78, 5) is 29.0. The Bertz CT molecular complexity index is 1510. The third-order valence-corrected chi connectivity index (χ3v) is 9.61. The minimum Gasteiger partial charge on any atom is -0.528 e. The van der Waals surface area contributed by atoms with E-state index in [0.717, 1.165) is 32.6 Å². The van der Waals surface area contributed by atoms with E-state index in [1.807, 2.05) is 12.1 Å². The SMILES string of the molecule is Cc1ccc(Br)c([C@@H]2C[C-]2Cn2cc(C3CCCCC3)c3ccc(C(=O)[N-]S(=O)(=O)N(C)C)cc32)c1.O=C=O.[Na+].[Na+]. The molecule has 208 valence electrons. The summed E-state index contributed by atoms with van der Waals surface area (Å²) in [6.07, 6.45) is 9.73. The summed E-state index contributed by atoms with van der Waals surface area (Å²) in [7, 11) is -1.25. The Balaban J connectivity index is 0.00000113. The molecule has 2 fully saturated rings. The quantitative estimate of drug-likeness (QED) is 0.267. The third-order valence-electron chi connectivity index (χ3n) is 7.56. The number of hydrogen-bond donors (Lipinski definition) is 0. The summed E-state index contributed by atoms with van der Waals surface area (Å²) < 4.78 is 32.2. The second-order valence-electron chi connectivity index (χ2n) is 10.5. The largest absolute Gasteiger partial charge is 1.00 e. The van der Waals surface area contributed by atoms with Crippen LogP contribution in [0.2, 0.25) is 0 Å². The zero-order valence-corrected chi connectivity index (χ0v) is 30.7. The van der Waals surface area contributed by atoms with E-state index in [-0.39, 0.29) is 65.3 Å². The van der Waals surface area contributed by atoms with Crippen molar-refractivity contribution in [3.63, 3.8) is 0 Å². The van der Waals surface area contributed by atoms with Crippen molar-refractivity contribution in [2.75, 3.05) is 14.1 Å². The summed E-state index contributed by atoms with van der Waals surface area (Å²) in [5.74, 6) is 1.68. The van der Waals surface area contributed by atoms with Gasteiger partial charge in [-0.15, -0.1) is 0 Å². The van der Waals surface area contributed by atoms with Crippen molar-refractivity contribution in [2.24, 2.45) is 0 Å². The van der Waals surface area contributed by atoms with E-state index in [2.05, 4.69) is 56.5 Å². The Kier molecular flexibility index (Phi) is 14.0. The predicted molar refractivity (Wildman–Crippen MR) is 153 cm³/mol. The summed E-state index contributed by atoms with van der Waals surface area (Å²) in [5.41, 5.74) is 5.19. The molecule has 3 aromatic rings. The van der Waals surface area contributed by atoms with Gasteiger partial charge in [0, 0.05) is 41.2 Å². The Morgan fingerprint density at radius 3 is 2.37 bits per heavy atom. The second kappa shape index (κ2) is 15.8. The van der Waals surface area contributed by atoms with Crippen LogP contribution in [-0.2, 0) is 26.3 Å². The molecule has 1 heterocycles. The van der Waals surface area contributed by atoms with Gasteiger partial charge in [0.2, 0.25) is 0 Å². The zero-order valence-electron chi connectivity index (χ0n) is 24.3. The molecule has 2 saturated carbocycles. The average Bonchev–Trinajstić information content (AvgIpc) is 3.57. The summed E-state index contributed by atoms with van der Waals surface area (Å²) in [6.45, 7) is 2.91. The van der Waals surface area contributed by atoms with Gasteiger partial charge in [-0.05, 0) is 43.4 Å². The van der Waals surface area contributed by atoms with Gasteiger partial charge in [0.15, 0.2) is 10.2 Å². The Morgan fingerprint density at radius 1 is 1.07 bits per heavy atom. The number of carbonyl (C=O) groups excluding carboxylic acids is 3. The molecular formula is C29H32BrN3Na2O5S. The molecule has 2 aliphatic carbocycles. The summed E-state index contributed by atoms with van der Waals surface area (Å²) in [5, 5.41) is 1.16. The van der Waals surface area contributed by atoms with E-state index in [1.54, 1.807) is 6.07 Å². The number of aryl methyl sites for hydroxylation is 1. The van der Waals surface area contributed by atoms with Crippen molar-refractivity contribution >= 4 is 49.1 Å². The van der Waals surface area contributed by atoms with Crippen molar-refractivity contribution < 1.29 is 81.9 Å². The van der Waals surface area contributed by atoms with E-state index in [0.29, 0.717) is 17.4 Å². The van der Waals surface area contributed by atoms with E-state index in [9.17, 15) is 13.2 Å². The fourth-order valence-electron chi connectivity index (χ4n) is 5.42. The van der Waals surface area contributed by atoms with Gasteiger partial charge in [0.25, 0.3) is 0 Å². The van der Waals surface area contributed by atoms with Crippen molar-refractivity contribution in [2.45, 2.75) is 63.8 Å². The van der Waals surface area contributed by atoms with Crippen LogP contribution in [0.3, 0.4) is 0 Å². The van der Waals surface area contributed by atoms with Crippen LogP contribution >= 0.6 is 15.9 Å². The van der Waals surface area contributed by atoms with Gasteiger partial charge >= 0.3 is 65.3 Å². The molecule has 1 aromatic heterocycles. The van der Waals surface area contributed by atoms with Crippen LogP contribution in [0.5, 0.6) is 0 Å². The number of carbonyl (C=O) groups is 1. The minimum atomic E-state index is -3.98. The molecule has 0 aliphatic heterocycles. The first-order chi connectivity index (χ1) is 18.6. The maximum atomic E-state index is 12.8. The van der Waals surface area contributed by atoms with Gasteiger partial charge in [-0.25, -0.2) is 12.7 Å². The molecule has 41 heavy (non-hydrogen) atoms. The standard InChI is InChI=1S/C28H33BrN3O3S.CO2.2Na/c1-18-9-12-26(29)24(13-18)23-14-21(23)16-32-17-25(19-7-5-4-6-8-19)22-11-10-20(15-27(22)32)28(33)30-36(34,35)31(2)3;2-1-3;;/h9-13,15,17,19,23H,4-8,14,16H2,1-3H3,(H,30,33);;;/q-1;;2*+1/p-1/t23-;;;/m1.../s1. The van der Waals surface area contributed by atoms with Crippen LogP contribution in [0, 0.1) is 12.8 Å². The molecule has 0 bridgehead atoms. The first kappa shape index (κ1) is 36.4.